The Kier molecular flexibility index (Phi) is 3.21. The summed E-state index contributed by atoms with van der Waals surface area (Å²) in [7, 11) is 1.47. The third kappa shape index (κ3) is 2.30. The van der Waals surface area contributed by atoms with Crippen molar-refractivity contribution < 1.29 is 13.6 Å². The average molecular weight is 214 g/mol. The quantitative estimate of drug-likeness (QED) is 0.712. The molecule has 0 saturated heterocycles. The fourth-order valence-corrected chi connectivity index (χ4v) is 1.23. The third-order valence-electron chi connectivity index (χ3n) is 1.75. The van der Waals surface area contributed by atoms with Crippen LogP contribution in [0.5, 0.6) is 0 Å². The lowest BCUT2D eigenvalue weighted by Crippen LogP contribution is -2.19. The Balaban J connectivity index is 2.94. The summed E-state index contributed by atoms with van der Waals surface area (Å²) in [6.45, 7) is 0. The maximum absolute atomic E-state index is 10.7. The molecule has 3 N–H and O–H groups in total. The molecule has 1 aromatic rings. The van der Waals surface area contributed by atoms with Crippen molar-refractivity contribution in [2.75, 3.05) is 11.4 Å². The van der Waals surface area contributed by atoms with Crippen LogP contribution in [0.1, 0.15) is 10.4 Å². The van der Waals surface area contributed by atoms with Crippen LogP contribution in [0.3, 0.4) is 0 Å². The molecule has 14 heavy (non-hydrogen) atoms. The van der Waals surface area contributed by atoms with E-state index < -0.39 is 17.2 Å². The lowest BCUT2D eigenvalue weighted by molar-refractivity contribution is 0.100. The number of rotatable bonds is 3. The molecule has 6 heteroatoms. The molecule has 1 atom stereocenters. The number of nitrogens with zero attached hydrogens (tertiary/aromatic N) is 1. The first-order chi connectivity index (χ1) is 6.52. The number of carbonyl (C=O) groups is 1. The van der Waals surface area contributed by atoms with Crippen LogP contribution >= 0.6 is 0 Å². The van der Waals surface area contributed by atoms with Gasteiger partial charge in [-0.3, -0.25) is 13.7 Å². The van der Waals surface area contributed by atoms with Gasteiger partial charge in [0.05, 0.1) is 5.69 Å². The first-order valence-electron chi connectivity index (χ1n) is 3.77. The highest BCUT2D eigenvalue weighted by Crippen LogP contribution is 2.14. The second kappa shape index (κ2) is 4.21. The van der Waals surface area contributed by atoms with E-state index in [0.29, 0.717) is 11.3 Å². The first-order valence-corrected chi connectivity index (χ1v) is 4.83. The van der Waals surface area contributed by atoms with Crippen molar-refractivity contribution in [3.63, 3.8) is 0 Å². The molecule has 0 aliphatic rings. The summed E-state index contributed by atoms with van der Waals surface area (Å²) in [6.07, 6.45) is 0. The van der Waals surface area contributed by atoms with Crippen molar-refractivity contribution in [2.24, 2.45) is 5.73 Å². The lowest BCUT2D eigenvalue weighted by Gasteiger charge is -2.13. The van der Waals surface area contributed by atoms with E-state index in [0.717, 1.165) is 4.31 Å². The van der Waals surface area contributed by atoms with Crippen LogP contribution in [0.2, 0.25) is 0 Å². The molecule has 0 aliphatic carbocycles. The third-order valence-corrected chi connectivity index (χ3v) is 2.43. The van der Waals surface area contributed by atoms with E-state index in [4.69, 9.17) is 10.3 Å². The summed E-state index contributed by atoms with van der Waals surface area (Å²) in [5, 5.41) is 0. The van der Waals surface area contributed by atoms with Gasteiger partial charge in [0.15, 0.2) is 0 Å². The van der Waals surface area contributed by atoms with Crippen LogP contribution < -0.4 is 10.0 Å². The highest BCUT2D eigenvalue weighted by Gasteiger charge is 2.06. The van der Waals surface area contributed by atoms with Crippen molar-refractivity contribution in [2.45, 2.75) is 0 Å². The van der Waals surface area contributed by atoms with Crippen LogP contribution in [-0.2, 0) is 11.3 Å². The van der Waals surface area contributed by atoms with Gasteiger partial charge in [0.1, 0.15) is 0 Å². The second-order valence-electron chi connectivity index (χ2n) is 2.64. The van der Waals surface area contributed by atoms with Gasteiger partial charge in [-0.1, -0.05) is 0 Å². The molecule has 0 aliphatic heterocycles. The van der Waals surface area contributed by atoms with Crippen molar-refractivity contribution in [1.29, 1.82) is 0 Å². The van der Waals surface area contributed by atoms with Gasteiger partial charge in [-0.2, -0.15) is 0 Å². The van der Waals surface area contributed by atoms with Gasteiger partial charge in [-0.15, -0.1) is 0 Å². The molecule has 0 bridgehead atoms. The number of anilines is 1. The number of primary amides is 1. The first kappa shape index (κ1) is 10.7. The Hall–Kier alpha value is -1.40. The van der Waals surface area contributed by atoms with Crippen molar-refractivity contribution in [3.8, 4) is 0 Å². The van der Waals surface area contributed by atoms with Crippen LogP contribution in [0.25, 0.3) is 0 Å². The molecule has 76 valence electrons. The van der Waals surface area contributed by atoms with Crippen molar-refractivity contribution >= 4 is 22.9 Å². The van der Waals surface area contributed by atoms with Crippen molar-refractivity contribution in [1.82, 2.24) is 0 Å². The maximum atomic E-state index is 10.7. The molecule has 5 nitrogen and oxygen atoms in total. The molecule has 0 heterocycles. The van der Waals surface area contributed by atoms with Gasteiger partial charge in [-0.25, -0.2) is 4.21 Å². The standard InChI is InChI=1S/C8H10N2O3S/c1-10(14(12)13)7-4-2-6(3-5-7)8(9)11/h2-5H,1H3,(H2,9,11)(H,12,13). The Morgan fingerprint density at radius 3 is 2.29 bits per heavy atom. The monoisotopic (exact) mass is 214 g/mol. The van der Waals surface area contributed by atoms with E-state index in [1.165, 1.54) is 19.2 Å². The summed E-state index contributed by atoms with van der Waals surface area (Å²) < 4.78 is 20.6. The van der Waals surface area contributed by atoms with Crippen LogP contribution in [-0.4, -0.2) is 21.7 Å². The predicted molar refractivity (Wildman–Crippen MR) is 54.1 cm³/mol. The zero-order valence-electron chi connectivity index (χ0n) is 7.51. The normalized spacial score (nSPS) is 12.1. The Morgan fingerprint density at radius 2 is 1.93 bits per heavy atom. The molecule has 0 spiro atoms. The molecule has 0 aromatic heterocycles. The minimum absolute atomic E-state index is 0.367. The number of nitrogens with two attached hydrogens (primary N) is 1. The van der Waals surface area contributed by atoms with Gasteiger partial charge in [0.2, 0.25) is 5.91 Å². The van der Waals surface area contributed by atoms with E-state index in [1.54, 1.807) is 12.1 Å². The van der Waals surface area contributed by atoms with Gasteiger partial charge in [0.25, 0.3) is 11.3 Å². The van der Waals surface area contributed by atoms with Gasteiger partial charge in [-0.05, 0) is 24.3 Å². The predicted octanol–water partition coefficient (Wildman–Crippen LogP) is 0.358. The Labute approximate surface area is 83.9 Å². The number of hydrogen-bond acceptors (Lipinski definition) is 2. The molecule has 0 saturated carbocycles. The summed E-state index contributed by atoms with van der Waals surface area (Å²) >= 11 is -2.06. The number of benzene rings is 1. The highest BCUT2D eigenvalue weighted by atomic mass is 32.2. The van der Waals surface area contributed by atoms with Gasteiger partial charge >= 0.3 is 0 Å². The fourth-order valence-electron chi connectivity index (χ4n) is 0.926. The van der Waals surface area contributed by atoms with E-state index in [-0.39, 0.29) is 0 Å². The largest absolute Gasteiger partial charge is 0.366 e. The molecule has 0 radical (unpaired) electrons. The van der Waals surface area contributed by atoms with Crippen LogP contribution in [0.4, 0.5) is 5.69 Å². The maximum Gasteiger partial charge on any atom is 0.261 e. The molecular formula is C8H10N2O3S. The highest BCUT2D eigenvalue weighted by molar-refractivity contribution is 7.80. The van der Waals surface area contributed by atoms with Crippen LogP contribution in [0, 0.1) is 0 Å². The molecule has 1 unspecified atom stereocenters. The minimum Gasteiger partial charge on any atom is -0.366 e. The van der Waals surface area contributed by atoms with E-state index >= 15 is 0 Å². The lowest BCUT2D eigenvalue weighted by atomic mass is 10.2. The van der Waals surface area contributed by atoms with Crippen LogP contribution in [0.15, 0.2) is 24.3 Å². The van der Waals surface area contributed by atoms with E-state index in [2.05, 4.69) is 0 Å². The molecule has 1 amide bonds. The zero-order valence-corrected chi connectivity index (χ0v) is 8.32. The molecular weight excluding hydrogens is 204 g/mol. The number of carbonyl (C=O) groups excluding carboxylic acids is 1. The average Bonchev–Trinajstić information content (AvgIpc) is 2.16. The topological polar surface area (TPSA) is 83.6 Å². The summed E-state index contributed by atoms with van der Waals surface area (Å²) in [4.78, 5) is 10.7. The number of amides is 1. The molecule has 1 aromatic carbocycles. The molecule has 1 rings (SSSR count). The minimum atomic E-state index is -2.06. The second-order valence-corrected chi connectivity index (χ2v) is 3.65. The van der Waals surface area contributed by atoms with Gasteiger partial charge < -0.3 is 5.73 Å². The Morgan fingerprint density at radius 1 is 1.43 bits per heavy atom. The van der Waals surface area contributed by atoms with E-state index in [9.17, 15) is 9.00 Å². The number of hydrogen-bond donors (Lipinski definition) is 2. The smallest absolute Gasteiger partial charge is 0.261 e. The van der Waals surface area contributed by atoms with Crippen molar-refractivity contribution in [3.05, 3.63) is 29.8 Å². The zero-order chi connectivity index (χ0) is 10.7. The van der Waals surface area contributed by atoms with Gasteiger partial charge in [0, 0.05) is 12.6 Å². The summed E-state index contributed by atoms with van der Waals surface area (Å²) in [5.41, 5.74) is 5.94. The fraction of sp³-hybridized carbons (Fsp3) is 0.125. The SMILES string of the molecule is CN(c1ccc(C(N)=O)cc1)S(=O)O. The molecule has 0 fully saturated rings. The summed E-state index contributed by atoms with van der Waals surface area (Å²) in [6, 6.07) is 6.10. The van der Waals surface area contributed by atoms with E-state index in [1.807, 2.05) is 0 Å². The summed E-state index contributed by atoms with van der Waals surface area (Å²) in [5.74, 6) is -0.524. The Bertz CT molecular complexity index is 363.